The van der Waals surface area contributed by atoms with Crippen LogP contribution in [-0.2, 0) is 11.2 Å². The van der Waals surface area contributed by atoms with Crippen molar-refractivity contribution >= 4 is 69.7 Å². The van der Waals surface area contributed by atoms with Crippen molar-refractivity contribution in [3.63, 3.8) is 0 Å². The second-order valence-corrected chi connectivity index (χ2v) is 8.00. The normalized spacial score (nSPS) is 11.6. The number of nitrogens with one attached hydrogen (secondary N) is 2. The first kappa shape index (κ1) is 23.1. The van der Waals surface area contributed by atoms with Crippen LogP contribution in [0.15, 0.2) is 48.8 Å². The molecule has 11 heteroatoms. The van der Waals surface area contributed by atoms with Gasteiger partial charge in [-0.1, -0.05) is 58.5 Å². The summed E-state index contributed by atoms with van der Waals surface area (Å²) in [7, 11) is 0. The fourth-order valence-electron chi connectivity index (χ4n) is 2.64. The standard InChI is InChI=1S/C20H14Cl4N4O3/c21-11-6-14(23)17(25-8-11)19(29)27-13-3-1-10(2-4-13)5-16(20(30)31)28-15-7-12(22)9-26-18(15)24/h1-4,6-9,16,28H,5H2,(H,27,29)(H,30,31). The highest BCUT2D eigenvalue weighted by Gasteiger charge is 2.20. The number of anilines is 2. The van der Waals surface area contributed by atoms with Gasteiger partial charge in [-0.2, -0.15) is 0 Å². The Kier molecular flexibility index (Phi) is 7.56. The SMILES string of the molecule is O=C(Nc1ccc(CC(Nc2cc(Cl)cnc2Cl)C(=O)O)cc1)c1ncc(Cl)cc1Cl. The lowest BCUT2D eigenvalue weighted by Gasteiger charge is -2.17. The molecule has 2 heterocycles. The minimum absolute atomic E-state index is 0.0392. The molecule has 7 nitrogen and oxygen atoms in total. The molecule has 1 aromatic carbocycles. The second-order valence-electron chi connectivity index (χ2n) is 6.37. The van der Waals surface area contributed by atoms with Gasteiger partial charge in [0.2, 0.25) is 0 Å². The van der Waals surface area contributed by atoms with Gasteiger partial charge in [0.05, 0.1) is 20.8 Å². The Labute approximate surface area is 197 Å². The molecule has 0 saturated carbocycles. The zero-order chi connectivity index (χ0) is 22.5. The number of carbonyl (C=O) groups excluding carboxylic acids is 1. The lowest BCUT2D eigenvalue weighted by molar-refractivity contribution is -0.137. The highest BCUT2D eigenvalue weighted by Crippen LogP contribution is 2.24. The monoisotopic (exact) mass is 498 g/mol. The van der Waals surface area contributed by atoms with Crippen LogP contribution < -0.4 is 10.6 Å². The summed E-state index contributed by atoms with van der Waals surface area (Å²) >= 11 is 23.7. The Morgan fingerprint density at radius 3 is 2.26 bits per heavy atom. The molecule has 1 amide bonds. The van der Waals surface area contributed by atoms with E-state index < -0.39 is 17.9 Å². The molecule has 1 unspecified atom stereocenters. The van der Waals surface area contributed by atoms with E-state index in [0.29, 0.717) is 27.0 Å². The predicted molar refractivity (Wildman–Crippen MR) is 122 cm³/mol. The summed E-state index contributed by atoms with van der Waals surface area (Å²) in [6.07, 6.45) is 2.84. The summed E-state index contributed by atoms with van der Waals surface area (Å²) in [5.41, 5.74) is 1.56. The van der Waals surface area contributed by atoms with E-state index in [1.807, 2.05) is 0 Å². The lowest BCUT2D eigenvalue weighted by Crippen LogP contribution is -2.31. The molecular formula is C20H14Cl4N4O3. The molecule has 31 heavy (non-hydrogen) atoms. The molecule has 0 fully saturated rings. The molecule has 0 bridgehead atoms. The summed E-state index contributed by atoms with van der Waals surface area (Å²) in [4.78, 5) is 31.8. The first-order chi connectivity index (χ1) is 14.7. The van der Waals surface area contributed by atoms with Gasteiger partial charge in [-0.3, -0.25) is 4.79 Å². The third kappa shape index (κ3) is 6.21. The van der Waals surface area contributed by atoms with Crippen LogP contribution in [-0.4, -0.2) is 33.0 Å². The van der Waals surface area contributed by atoms with E-state index in [-0.39, 0.29) is 22.3 Å². The van der Waals surface area contributed by atoms with Gasteiger partial charge in [-0.15, -0.1) is 0 Å². The number of halogens is 4. The fraction of sp³-hybridized carbons (Fsp3) is 0.100. The van der Waals surface area contributed by atoms with Crippen molar-refractivity contribution in [2.45, 2.75) is 12.5 Å². The molecule has 1 atom stereocenters. The molecule has 160 valence electrons. The highest BCUT2D eigenvalue weighted by molar-refractivity contribution is 6.36. The number of carboxylic acids is 1. The molecule has 0 radical (unpaired) electrons. The van der Waals surface area contributed by atoms with Crippen LogP contribution in [0.25, 0.3) is 0 Å². The van der Waals surface area contributed by atoms with Crippen LogP contribution in [0, 0.1) is 0 Å². The van der Waals surface area contributed by atoms with E-state index in [0.717, 1.165) is 0 Å². The van der Waals surface area contributed by atoms with E-state index in [4.69, 9.17) is 46.4 Å². The number of pyridine rings is 2. The van der Waals surface area contributed by atoms with Crippen LogP contribution in [0.5, 0.6) is 0 Å². The topological polar surface area (TPSA) is 104 Å². The third-order valence-electron chi connectivity index (χ3n) is 4.11. The van der Waals surface area contributed by atoms with Gasteiger partial charge in [0.1, 0.15) is 11.7 Å². The second kappa shape index (κ2) is 10.2. The Morgan fingerprint density at radius 1 is 0.968 bits per heavy atom. The summed E-state index contributed by atoms with van der Waals surface area (Å²) in [5.74, 6) is -1.57. The van der Waals surface area contributed by atoms with Crippen LogP contribution in [0.4, 0.5) is 11.4 Å². The third-order valence-corrected chi connectivity index (χ3v) is 5.11. The average molecular weight is 500 g/mol. The Morgan fingerprint density at radius 2 is 1.61 bits per heavy atom. The molecule has 0 saturated heterocycles. The van der Waals surface area contributed by atoms with Crippen molar-refractivity contribution in [1.29, 1.82) is 0 Å². The van der Waals surface area contributed by atoms with Crippen LogP contribution in [0.1, 0.15) is 16.1 Å². The number of amides is 1. The van der Waals surface area contributed by atoms with Gasteiger partial charge in [0, 0.05) is 24.5 Å². The first-order valence-electron chi connectivity index (χ1n) is 8.74. The zero-order valence-corrected chi connectivity index (χ0v) is 18.6. The van der Waals surface area contributed by atoms with Gasteiger partial charge in [0.25, 0.3) is 5.91 Å². The maximum atomic E-state index is 12.3. The van der Waals surface area contributed by atoms with Crippen molar-refractivity contribution in [3.05, 3.63) is 80.3 Å². The van der Waals surface area contributed by atoms with Gasteiger partial charge < -0.3 is 15.7 Å². The van der Waals surface area contributed by atoms with Crippen molar-refractivity contribution in [1.82, 2.24) is 9.97 Å². The molecular weight excluding hydrogens is 486 g/mol. The Hall–Kier alpha value is -2.58. The highest BCUT2D eigenvalue weighted by atomic mass is 35.5. The van der Waals surface area contributed by atoms with Gasteiger partial charge in [0.15, 0.2) is 5.15 Å². The minimum atomic E-state index is -1.07. The largest absolute Gasteiger partial charge is 0.480 e. The predicted octanol–water partition coefficient (Wildman–Crippen LogP) is 5.45. The van der Waals surface area contributed by atoms with E-state index in [1.165, 1.54) is 24.5 Å². The molecule has 2 aromatic heterocycles. The van der Waals surface area contributed by atoms with Crippen LogP contribution >= 0.6 is 46.4 Å². The summed E-state index contributed by atoms with van der Waals surface area (Å²) < 4.78 is 0. The number of carbonyl (C=O) groups is 2. The quantitative estimate of drug-likeness (QED) is 0.373. The van der Waals surface area contributed by atoms with Crippen molar-refractivity contribution in [2.24, 2.45) is 0 Å². The number of aromatic nitrogens is 2. The molecule has 3 aromatic rings. The molecule has 0 aliphatic carbocycles. The molecule has 0 aliphatic rings. The number of rotatable bonds is 7. The lowest BCUT2D eigenvalue weighted by atomic mass is 10.1. The van der Waals surface area contributed by atoms with Gasteiger partial charge in [-0.05, 0) is 29.8 Å². The first-order valence-corrected chi connectivity index (χ1v) is 10.3. The van der Waals surface area contributed by atoms with Crippen molar-refractivity contribution in [2.75, 3.05) is 10.6 Å². The number of hydrogen-bond acceptors (Lipinski definition) is 5. The van der Waals surface area contributed by atoms with Crippen molar-refractivity contribution < 1.29 is 14.7 Å². The van der Waals surface area contributed by atoms with Gasteiger partial charge >= 0.3 is 5.97 Å². The average Bonchev–Trinajstić information content (AvgIpc) is 2.71. The molecule has 0 aliphatic heterocycles. The smallest absolute Gasteiger partial charge is 0.326 e. The number of nitrogens with zero attached hydrogens (tertiary/aromatic N) is 2. The summed E-state index contributed by atoms with van der Waals surface area (Å²) in [6, 6.07) is 8.63. The van der Waals surface area contributed by atoms with Crippen LogP contribution in [0.2, 0.25) is 20.2 Å². The number of hydrogen-bond donors (Lipinski definition) is 3. The fourth-order valence-corrected chi connectivity index (χ4v) is 3.43. The molecule has 3 N–H and O–H groups in total. The minimum Gasteiger partial charge on any atom is -0.480 e. The van der Waals surface area contributed by atoms with Crippen LogP contribution in [0.3, 0.4) is 0 Å². The molecule has 0 spiro atoms. The zero-order valence-electron chi connectivity index (χ0n) is 15.6. The number of benzene rings is 1. The summed E-state index contributed by atoms with van der Waals surface area (Å²) in [6.45, 7) is 0. The van der Waals surface area contributed by atoms with E-state index in [1.54, 1.807) is 24.3 Å². The Bertz CT molecular complexity index is 1130. The van der Waals surface area contributed by atoms with E-state index in [2.05, 4.69) is 20.6 Å². The van der Waals surface area contributed by atoms with E-state index >= 15 is 0 Å². The van der Waals surface area contributed by atoms with Gasteiger partial charge in [-0.25, -0.2) is 14.8 Å². The maximum Gasteiger partial charge on any atom is 0.326 e. The summed E-state index contributed by atoms with van der Waals surface area (Å²) in [5, 5.41) is 16.0. The number of carboxylic acid groups (broad SMARTS) is 1. The maximum absolute atomic E-state index is 12.3. The van der Waals surface area contributed by atoms with E-state index in [9.17, 15) is 14.7 Å². The Balaban J connectivity index is 1.68. The van der Waals surface area contributed by atoms with Crippen molar-refractivity contribution in [3.8, 4) is 0 Å². The number of aliphatic carboxylic acids is 1. The molecule has 3 rings (SSSR count).